The Morgan fingerprint density at radius 2 is 1.57 bits per heavy atom. The maximum absolute atomic E-state index is 11.8. The third kappa shape index (κ3) is 5.50. The largest absolute Gasteiger partial charge is 0.287 e. The second kappa shape index (κ2) is 8.62. The van der Waals surface area contributed by atoms with E-state index in [2.05, 4.69) is 26.7 Å². The molecule has 0 radical (unpaired) electrons. The number of amides is 2. The Hall–Kier alpha value is -2.77. The number of nitrogens with zero attached hydrogens (tertiary/aromatic N) is 1. The highest BCUT2D eigenvalue weighted by Gasteiger charge is 2.08. The van der Waals surface area contributed by atoms with E-state index >= 15 is 0 Å². The van der Waals surface area contributed by atoms with Gasteiger partial charge in [0, 0.05) is 36.1 Å². The molecule has 2 aromatic rings. The van der Waals surface area contributed by atoms with E-state index in [-0.39, 0.29) is 17.9 Å². The van der Waals surface area contributed by atoms with Crippen molar-refractivity contribution in [2.75, 3.05) is 6.54 Å². The first kappa shape index (κ1) is 16.6. The smallest absolute Gasteiger partial charge is 0.265 e. The lowest BCUT2D eigenvalue weighted by atomic mass is 10.2. The van der Waals surface area contributed by atoms with E-state index in [0.717, 1.165) is 0 Å². The van der Waals surface area contributed by atoms with Crippen LogP contribution < -0.4 is 21.7 Å². The first-order chi connectivity index (χ1) is 11.2. The van der Waals surface area contributed by atoms with E-state index in [1.165, 1.54) is 0 Å². The molecule has 23 heavy (non-hydrogen) atoms. The molecule has 1 aromatic carbocycles. The van der Waals surface area contributed by atoms with E-state index in [4.69, 9.17) is 0 Å². The zero-order chi connectivity index (χ0) is 16.5. The van der Waals surface area contributed by atoms with Crippen LogP contribution in [-0.4, -0.2) is 29.4 Å². The zero-order valence-corrected chi connectivity index (χ0v) is 12.7. The molecular weight excluding hydrogens is 294 g/mol. The lowest BCUT2D eigenvalue weighted by Crippen LogP contribution is -2.50. The average Bonchev–Trinajstić information content (AvgIpc) is 2.61. The van der Waals surface area contributed by atoms with E-state index in [0.29, 0.717) is 17.7 Å². The number of aromatic nitrogens is 1. The second-order valence-corrected chi connectivity index (χ2v) is 4.94. The van der Waals surface area contributed by atoms with Crippen molar-refractivity contribution < 1.29 is 9.59 Å². The summed E-state index contributed by atoms with van der Waals surface area (Å²) in [4.78, 5) is 27.5. The van der Waals surface area contributed by atoms with Crippen LogP contribution in [0.3, 0.4) is 0 Å². The predicted octanol–water partition coefficient (Wildman–Crippen LogP) is 0.639. The van der Waals surface area contributed by atoms with Gasteiger partial charge < -0.3 is 0 Å². The quantitative estimate of drug-likeness (QED) is 0.563. The first-order valence-electron chi connectivity index (χ1n) is 7.21. The molecule has 0 fully saturated rings. The molecule has 0 saturated heterocycles. The molecule has 120 valence electrons. The molecule has 7 nitrogen and oxygen atoms in total. The van der Waals surface area contributed by atoms with Crippen molar-refractivity contribution in [3.8, 4) is 0 Å². The Balaban J connectivity index is 1.66. The summed E-state index contributed by atoms with van der Waals surface area (Å²) in [6, 6.07) is 12.1. The summed E-state index contributed by atoms with van der Waals surface area (Å²) in [7, 11) is 0. The number of benzene rings is 1. The molecule has 0 aliphatic carbocycles. The first-order valence-corrected chi connectivity index (χ1v) is 7.21. The lowest BCUT2D eigenvalue weighted by molar-refractivity contribution is 0.0908. The SMILES string of the molecule is CC(CNNC(=O)c1ccncc1)NNC(=O)c1ccccc1. The molecule has 0 aliphatic heterocycles. The van der Waals surface area contributed by atoms with Crippen molar-refractivity contribution in [3.05, 3.63) is 66.0 Å². The molecule has 4 N–H and O–H groups in total. The normalized spacial score (nSPS) is 11.5. The second-order valence-electron chi connectivity index (χ2n) is 4.94. The summed E-state index contributed by atoms with van der Waals surface area (Å²) >= 11 is 0. The summed E-state index contributed by atoms with van der Waals surface area (Å²) in [5.41, 5.74) is 12.0. The lowest BCUT2D eigenvalue weighted by Gasteiger charge is -2.16. The Morgan fingerprint density at radius 1 is 0.957 bits per heavy atom. The maximum Gasteiger partial charge on any atom is 0.265 e. The summed E-state index contributed by atoms with van der Waals surface area (Å²) in [5, 5.41) is 0. The Bertz CT molecular complexity index is 633. The minimum absolute atomic E-state index is 0.0830. The van der Waals surface area contributed by atoms with Crippen molar-refractivity contribution in [3.63, 3.8) is 0 Å². The van der Waals surface area contributed by atoms with Gasteiger partial charge in [0.25, 0.3) is 11.8 Å². The minimum atomic E-state index is -0.243. The van der Waals surface area contributed by atoms with Gasteiger partial charge in [-0.1, -0.05) is 18.2 Å². The van der Waals surface area contributed by atoms with Gasteiger partial charge in [0.05, 0.1) is 0 Å². The van der Waals surface area contributed by atoms with Crippen molar-refractivity contribution in [1.29, 1.82) is 0 Å². The van der Waals surface area contributed by atoms with E-state index < -0.39 is 0 Å². The Kier molecular flexibility index (Phi) is 6.22. The van der Waals surface area contributed by atoms with Crippen LogP contribution in [-0.2, 0) is 0 Å². The Labute approximate surface area is 134 Å². The standard InChI is InChI=1S/C16H19N5O2/c1-12(19-21-16(23)13-5-3-2-4-6-13)11-18-20-15(22)14-7-9-17-10-8-14/h2-10,12,18-19H,11H2,1H3,(H,20,22)(H,21,23). The van der Waals surface area contributed by atoms with Gasteiger partial charge >= 0.3 is 0 Å². The molecule has 2 rings (SSSR count). The molecule has 0 bridgehead atoms. The van der Waals surface area contributed by atoms with Crippen molar-refractivity contribution in [1.82, 2.24) is 26.7 Å². The van der Waals surface area contributed by atoms with Gasteiger partial charge in [0.15, 0.2) is 0 Å². The molecular formula is C16H19N5O2. The highest BCUT2D eigenvalue weighted by atomic mass is 16.2. The number of nitrogens with one attached hydrogen (secondary N) is 4. The third-order valence-electron chi connectivity index (χ3n) is 3.02. The van der Waals surface area contributed by atoms with Crippen LogP contribution in [0.4, 0.5) is 0 Å². The summed E-state index contributed by atoms with van der Waals surface area (Å²) in [5.74, 6) is -0.453. The van der Waals surface area contributed by atoms with Crippen LogP contribution >= 0.6 is 0 Å². The van der Waals surface area contributed by atoms with Gasteiger partial charge in [-0.2, -0.15) is 0 Å². The molecule has 0 spiro atoms. The van der Waals surface area contributed by atoms with Crippen LogP contribution in [0.2, 0.25) is 0 Å². The highest BCUT2D eigenvalue weighted by Crippen LogP contribution is 1.97. The number of carbonyl (C=O) groups is 2. The monoisotopic (exact) mass is 313 g/mol. The molecule has 1 unspecified atom stereocenters. The van der Waals surface area contributed by atoms with Crippen molar-refractivity contribution >= 4 is 11.8 Å². The molecule has 0 saturated carbocycles. The molecule has 7 heteroatoms. The number of hydrogen-bond acceptors (Lipinski definition) is 5. The van der Waals surface area contributed by atoms with Gasteiger partial charge in [-0.05, 0) is 31.2 Å². The van der Waals surface area contributed by atoms with Crippen LogP contribution in [0.5, 0.6) is 0 Å². The van der Waals surface area contributed by atoms with Crippen LogP contribution in [0, 0.1) is 0 Å². The van der Waals surface area contributed by atoms with Gasteiger partial charge in [-0.15, -0.1) is 0 Å². The fraction of sp³-hybridized carbons (Fsp3) is 0.188. The molecule has 1 heterocycles. The minimum Gasteiger partial charge on any atom is -0.287 e. The Morgan fingerprint density at radius 3 is 2.26 bits per heavy atom. The van der Waals surface area contributed by atoms with Gasteiger partial charge in [-0.25, -0.2) is 10.9 Å². The van der Waals surface area contributed by atoms with Crippen LogP contribution in [0.15, 0.2) is 54.9 Å². The summed E-state index contributed by atoms with van der Waals surface area (Å²) in [6.07, 6.45) is 3.11. The molecule has 1 atom stereocenters. The summed E-state index contributed by atoms with van der Waals surface area (Å²) < 4.78 is 0. The van der Waals surface area contributed by atoms with Crippen LogP contribution in [0.25, 0.3) is 0 Å². The molecule has 0 aliphatic rings. The third-order valence-corrected chi connectivity index (χ3v) is 3.02. The summed E-state index contributed by atoms with van der Waals surface area (Å²) in [6.45, 7) is 2.31. The topological polar surface area (TPSA) is 95.2 Å². The van der Waals surface area contributed by atoms with Crippen molar-refractivity contribution in [2.45, 2.75) is 13.0 Å². The number of pyridine rings is 1. The van der Waals surface area contributed by atoms with Crippen LogP contribution in [0.1, 0.15) is 27.6 Å². The van der Waals surface area contributed by atoms with E-state index in [1.807, 2.05) is 13.0 Å². The molecule has 1 aromatic heterocycles. The van der Waals surface area contributed by atoms with Crippen molar-refractivity contribution in [2.24, 2.45) is 0 Å². The van der Waals surface area contributed by atoms with Gasteiger partial charge in [-0.3, -0.25) is 25.4 Å². The fourth-order valence-electron chi connectivity index (χ4n) is 1.76. The highest BCUT2D eigenvalue weighted by molar-refractivity contribution is 5.94. The zero-order valence-electron chi connectivity index (χ0n) is 12.7. The fourth-order valence-corrected chi connectivity index (χ4v) is 1.76. The number of rotatable bonds is 7. The number of hydrazine groups is 2. The van der Waals surface area contributed by atoms with E-state index in [9.17, 15) is 9.59 Å². The molecule has 2 amide bonds. The maximum atomic E-state index is 11.8. The number of hydrogen-bond donors (Lipinski definition) is 4. The predicted molar refractivity (Wildman–Crippen MR) is 86.2 cm³/mol. The number of carbonyl (C=O) groups excluding carboxylic acids is 2. The average molecular weight is 313 g/mol. The van der Waals surface area contributed by atoms with E-state index in [1.54, 1.807) is 48.8 Å². The van der Waals surface area contributed by atoms with Gasteiger partial charge in [0.2, 0.25) is 0 Å². The van der Waals surface area contributed by atoms with Gasteiger partial charge in [0.1, 0.15) is 0 Å².